The van der Waals surface area contributed by atoms with Gasteiger partial charge in [0.15, 0.2) is 22.6 Å². The number of nitrogens with zero attached hydrogens (tertiary/aromatic N) is 9. The van der Waals surface area contributed by atoms with Crippen LogP contribution in [0.3, 0.4) is 0 Å². The second-order valence-corrected chi connectivity index (χ2v) is 17.2. The Hall–Kier alpha value is -3.06. The highest BCUT2D eigenvalue weighted by atomic mass is 32.7. The van der Waals surface area contributed by atoms with Crippen molar-refractivity contribution in [3.8, 4) is 5.88 Å². The van der Waals surface area contributed by atoms with Crippen LogP contribution in [0.15, 0.2) is 44.0 Å². The van der Waals surface area contributed by atoms with Crippen LogP contribution in [0.5, 0.6) is 5.88 Å². The minimum atomic E-state index is -4.00. The molecule has 248 valence electrons. The van der Waals surface area contributed by atoms with Gasteiger partial charge in [0.05, 0.1) is 38.4 Å². The lowest BCUT2D eigenvalue weighted by Crippen LogP contribution is -2.43. The number of aromatic nitrogens is 9. The average molecular weight is 723 g/mol. The van der Waals surface area contributed by atoms with Crippen LogP contribution in [0.4, 0.5) is 5.82 Å². The first-order chi connectivity index (χ1) is 22.5. The molecule has 0 aromatic carbocycles. The summed E-state index contributed by atoms with van der Waals surface area (Å²) in [5, 5.41) is 10.7. The molecule has 9 atom stereocenters. The molecule has 3 fully saturated rings. The fourth-order valence-corrected chi connectivity index (χ4v) is 9.22. The van der Waals surface area contributed by atoms with E-state index in [9.17, 15) is 14.2 Å². The molecule has 7 heterocycles. The van der Waals surface area contributed by atoms with Crippen molar-refractivity contribution in [2.24, 2.45) is 17.8 Å². The van der Waals surface area contributed by atoms with E-state index >= 15 is 0 Å². The Morgan fingerprint density at radius 1 is 0.979 bits per heavy atom. The molecular formula is C25H28N10O8P2S2. The summed E-state index contributed by atoms with van der Waals surface area (Å²) in [5.41, 5.74) is 7.44. The number of nitrogen functional groups attached to an aromatic ring is 1. The highest BCUT2D eigenvalue weighted by Gasteiger charge is 2.51. The molecule has 0 radical (unpaired) electrons. The van der Waals surface area contributed by atoms with Gasteiger partial charge in [-0.1, -0.05) is 30.6 Å². The third kappa shape index (κ3) is 5.35. The van der Waals surface area contributed by atoms with Crippen molar-refractivity contribution in [3.63, 3.8) is 0 Å². The average Bonchev–Trinajstić information content (AvgIpc) is 3.81. The molecule has 18 nitrogen and oxygen atoms in total. The van der Waals surface area contributed by atoms with Gasteiger partial charge >= 0.3 is 13.6 Å². The topological polar surface area (TPSA) is 218 Å². The number of anilines is 1. The monoisotopic (exact) mass is 722 g/mol. The largest absolute Gasteiger partial charge is 0.493 e. The number of thiol groups is 2. The van der Waals surface area contributed by atoms with Crippen LogP contribution in [-0.4, -0.2) is 80.6 Å². The Morgan fingerprint density at radius 3 is 2.57 bits per heavy atom. The number of rotatable bonds is 3. The molecule has 0 bridgehead atoms. The van der Waals surface area contributed by atoms with Gasteiger partial charge in [0, 0.05) is 24.4 Å². The number of ether oxygens (including phenoxy) is 1. The van der Waals surface area contributed by atoms with Gasteiger partial charge in [-0.25, -0.2) is 34.0 Å². The maximum atomic E-state index is 13.7. The summed E-state index contributed by atoms with van der Waals surface area (Å²) < 4.78 is 61.7. The first-order valence-electron chi connectivity index (χ1n) is 14.4. The Bertz CT molecular complexity index is 2130. The van der Waals surface area contributed by atoms with E-state index in [0.29, 0.717) is 34.5 Å². The third-order valence-electron chi connectivity index (χ3n) is 8.90. The second-order valence-electron chi connectivity index (χ2n) is 11.4. The molecule has 1 saturated carbocycles. The molecule has 0 unspecified atom stereocenters. The molecule has 3 aliphatic rings. The van der Waals surface area contributed by atoms with Crippen molar-refractivity contribution in [1.82, 2.24) is 43.4 Å². The van der Waals surface area contributed by atoms with Crippen LogP contribution >= 0.6 is 38.1 Å². The first kappa shape index (κ1) is 31.2. The fourth-order valence-electron chi connectivity index (χ4n) is 6.50. The van der Waals surface area contributed by atoms with Crippen molar-refractivity contribution >= 4 is 72.0 Å². The van der Waals surface area contributed by atoms with Crippen LogP contribution in [0.25, 0.3) is 28.1 Å². The molecule has 1 aliphatic carbocycles. The number of fused-ring (bicyclic) bond motifs is 5. The maximum absolute atomic E-state index is 13.7. The molecule has 5 aromatic rings. The molecule has 5 aromatic heterocycles. The standard InChI is InChI=1S/C25H28N10O8P2S2/c1-2-13-19-16(42-24(13)35-11-30-17-20(26)28-9-29-21(17)35)8-41-44(37,46)40-7-14-12(6-39-45(38,47)43-19)5-15(14)34-10-31-18-22(34)32-25-27-3-4-33(25)23(18)36/h2-4,9-16,19,24,36H,1,5-8H2,(H,37,46)(H,38,47)(H2,26,28,29)/t12-,13-,14-,15-,16-,19+,24-,44+,45+/m1/s1. The molecular weight excluding hydrogens is 694 g/mol. The van der Waals surface area contributed by atoms with Crippen LogP contribution < -0.4 is 5.73 Å². The van der Waals surface area contributed by atoms with E-state index in [1.165, 1.54) is 23.3 Å². The van der Waals surface area contributed by atoms with Gasteiger partial charge < -0.3 is 29.2 Å². The summed E-state index contributed by atoms with van der Waals surface area (Å²) in [6, 6.07) is -0.256. The van der Waals surface area contributed by atoms with Crippen LogP contribution in [0, 0.1) is 17.8 Å². The fraction of sp³-hybridized carbons (Fsp3) is 0.440. The van der Waals surface area contributed by atoms with Gasteiger partial charge in [0.25, 0.3) is 0 Å². The Morgan fingerprint density at radius 2 is 1.74 bits per heavy atom. The minimum absolute atomic E-state index is 0.0123. The zero-order valence-corrected chi connectivity index (χ0v) is 27.8. The molecule has 47 heavy (non-hydrogen) atoms. The normalized spacial score (nSPS) is 35.1. The van der Waals surface area contributed by atoms with E-state index in [1.807, 2.05) is 0 Å². The van der Waals surface area contributed by atoms with E-state index in [-0.39, 0.29) is 49.4 Å². The quantitative estimate of drug-likeness (QED) is 0.119. The van der Waals surface area contributed by atoms with Crippen molar-refractivity contribution in [2.45, 2.75) is 30.9 Å². The lowest BCUT2D eigenvalue weighted by molar-refractivity contribution is -0.0381. The third-order valence-corrected chi connectivity index (χ3v) is 12.2. The Labute approximate surface area is 276 Å². The summed E-state index contributed by atoms with van der Waals surface area (Å²) in [4.78, 5) is 25.7. The number of imidazole rings is 3. The zero-order chi connectivity index (χ0) is 32.7. The Balaban J connectivity index is 1.07. The maximum Gasteiger partial charge on any atom is 0.386 e. The molecule has 8 rings (SSSR count). The molecule has 3 N–H and O–H groups in total. The van der Waals surface area contributed by atoms with Crippen molar-refractivity contribution in [1.29, 1.82) is 0 Å². The number of hydrogen-bond acceptors (Lipinski definition) is 15. The molecule has 22 heteroatoms. The van der Waals surface area contributed by atoms with E-state index < -0.39 is 37.9 Å². The minimum Gasteiger partial charge on any atom is -0.493 e. The summed E-state index contributed by atoms with van der Waals surface area (Å²) in [5.74, 6) is -0.786. The number of aromatic hydroxyl groups is 1. The van der Waals surface area contributed by atoms with E-state index in [0.717, 1.165) is 0 Å². The van der Waals surface area contributed by atoms with Gasteiger partial charge in [-0.05, 0) is 12.3 Å². The lowest BCUT2D eigenvalue weighted by atomic mass is 9.70. The van der Waals surface area contributed by atoms with E-state index in [2.05, 4.69) is 61.0 Å². The number of nitrogens with two attached hydrogens (primary N) is 1. The van der Waals surface area contributed by atoms with E-state index in [4.69, 9.17) is 28.6 Å². The van der Waals surface area contributed by atoms with E-state index in [1.54, 1.807) is 27.7 Å². The van der Waals surface area contributed by atoms with Crippen LogP contribution in [0.2, 0.25) is 0 Å². The summed E-state index contributed by atoms with van der Waals surface area (Å²) in [7, 11) is 0. The van der Waals surface area contributed by atoms with Crippen molar-refractivity contribution < 1.29 is 37.1 Å². The summed E-state index contributed by atoms with van der Waals surface area (Å²) in [6.45, 7) is -4.38. The van der Waals surface area contributed by atoms with Crippen molar-refractivity contribution in [3.05, 3.63) is 44.0 Å². The van der Waals surface area contributed by atoms with Gasteiger partial charge in [-0.3, -0.25) is 18.0 Å². The highest BCUT2D eigenvalue weighted by molar-refractivity contribution is 8.44. The second kappa shape index (κ2) is 11.5. The highest BCUT2D eigenvalue weighted by Crippen LogP contribution is 2.61. The predicted octanol–water partition coefficient (Wildman–Crippen LogP) is 3.61. The SMILES string of the molecule is C=C[C@@H]1[C@@H]2O[P@@](=O)(S)OC[C@H]3C[C@@H](n4cnc5c(O)n6ccnc6nc54)[C@@H]3CO[P@](=O)(S)OC[C@H]2O[C@H]1n1cnc2c(N)ncnc21. The van der Waals surface area contributed by atoms with Gasteiger partial charge in [0.2, 0.25) is 11.7 Å². The smallest absolute Gasteiger partial charge is 0.386 e. The molecule has 2 aliphatic heterocycles. The summed E-state index contributed by atoms with van der Waals surface area (Å²) >= 11 is 8.54. The van der Waals surface area contributed by atoms with Crippen LogP contribution in [0.1, 0.15) is 18.7 Å². The lowest BCUT2D eigenvalue weighted by Gasteiger charge is -2.45. The molecule has 2 saturated heterocycles. The molecule has 0 amide bonds. The van der Waals surface area contributed by atoms with Gasteiger partial charge in [-0.15, -0.1) is 6.58 Å². The van der Waals surface area contributed by atoms with Crippen molar-refractivity contribution in [2.75, 3.05) is 25.6 Å². The van der Waals surface area contributed by atoms with Gasteiger partial charge in [0.1, 0.15) is 30.3 Å². The summed E-state index contributed by atoms with van der Waals surface area (Å²) in [6.07, 6.45) is 6.87. The Kier molecular flexibility index (Phi) is 7.66. The molecule has 0 spiro atoms. The number of hydrogen-bond donors (Lipinski definition) is 4. The zero-order valence-electron chi connectivity index (χ0n) is 24.2. The van der Waals surface area contributed by atoms with Gasteiger partial charge in [-0.2, -0.15) is 4.98 Å². The van der Waals surface area contributed by atoms with Crippen LogP contribution in [-0.2, 0) is 32.0 Å². The predicted molar refractivity (Wildman–Crippen MR) is 172 cm³/mol. The first-order valence-corrected chi connectivity index (χ1v) is 19.8.